The number of nitrogens with zero attached hydrogens (tertiary/aromatic N) is 3. The van der Waals surface area contributed by atoms with E-state index >= 15 is 0 Å². The van der Waals surface area contributed by atoms with Crippen molar-refractivity contribution in [1.82, 2.24) is 9.78 Å². The van der Waals surface area contributed by atoms with Gasteiger partial charge in [-0.25, -0.2) is 0 Å². The first-order chi connectivity index (χ1) is 6.99. The molecule has 1 aromatic rings. The molecule has 4 heteroatoms. The Morgan fingerprint density at radius 2 is 2.07 bits per heavy atom. The minimum Gasteiger partial charge on any atom is -0.394 e. The Morgan fingerprint density at radius 1 is 1.47 bits per heavy atom. The van der Waals surface area contributed by atoms with Gasteiger partial charge in [-0.05, 0) is 20.3 Å². The zero-order valence-corrected chi connectivity index (χ0v) is 10.4. The Kier molecular flexibility index (Phi) is 3.61. The summed E-state index contributed by atoms with van der Waals surface area (Å²) in [7, 11) is 4.00. The van der Waals surface area contributed by atoms with Crippen LogP contribution in [0.25, 0.3) is 0 Å². The first kappa shape index (κ1) is 11.9. The second-order valence-electron chi connectivity index (χ2n) is 4.26. The molecule has 15 heavy (non-hydrogen) atoms. The highest BCUT2D eigenvalue weighted by Gasteiger charge is 2.17. The van der Waals surface area contributed by atoms with Crippen molar-refractivity contribution in [2.24, 2.45) is 7.05 Å². The maximum absolute atomic E-state index is 6.10. The molecule has 0 fully saturated rings. The fourth-order valence-corrected chi connectivity index (χ4v) is 1.67. The third kappa shape index (κ3) is 2.25. The van der Waals surface area contributed by atoms with Crippen molar-refractivity contribution >= 4 is 11.5 Å². The molecule has 0 saturated carbocycles. The van der Waals surface area contributed by atoms with Gasteiger partial charge in [0.15, 0.2) is 0 Å². The highest BCUT2D eigenvalue weighted by Crippen LogP contribution is 2.27. The fourth-order valence-electron chi connectivity index (χ4n) is 1.67. The highest BCUT2D eigenvalue weighted by molar-refractivity contribution is 5.66. The molecule has 0 bridgehead atoms. The van der Waals surface area contributed by atoms with Gasteiger partial charge in [0.05, 0.1) is 11.4 Å². The van der Waals surface area contributed by atoms with Crippen molar-refractivity contribution in [2.45, 2.75) is 39.7 Å². The summed E-state index contributed by atoms with van der Waals surface area (Å²) in [5.41, 5.74) is 7.95. The number of rotatable bonds is 4. The van der Waals surface area contributed by atoms with Crippen LogP contribution in [0.4, 0.5) is 11.5 Å². The molecule has 1 rings (SSSR count). The summed E-state index contributed by atoms with van der Waals surface area (Å²) in [6.07, 6.45) is 2.03. The lowest BCUT2D eigenvalue weighted by Crippen LogP contribution is -2.28. The fraction of sp³-hybridized carbons (Fsp3) is 0.727. The Balaban J connectivity index is 3.07. The minimum atomic E-state index is 0.428. The normalized spacial score (nSPS) is 11.1. The minimum absolute atomic E-state index is 0.428. The van der Waals surface area contributed by atoms with Crippen LogP contribution in [0, 0.1) is 0 Å². The van der Waals surface area contributed by atoms with Crippen molar-refractivity contribution in [2.75, 3.05) is 17.7 Å². The smallest absolute Gasteiger partial charge is 0.150 e. The molecule has 0 aliphatic heterocycles. The molecule has 0 amide bonds. The highest BCUT2D eigenvalue weighted by atomic mass is 15.4. The standard InChI is InChI=1S/C11H22N4/c1-6-7-9-10(12)11(15(5)13-9)14(4)8(2)3/h8H,6-7,12H2,1-5H3. The maximum Gasteiger partial charge on any atom is 0.150 e. The largest absolute Gasteiger partial charge is 0.394 e. The summed E-state index contributed by atoms with van der Waals surface area (Å²) in [4.78, 5) is 2.15. The average Bonchev–Trinajstić information content (AvgIpc) is 2.42. The van der Waals surface area contributed by atoms with Gasteiger partial charge in [0, 0.05) is 20.1 Å². The summed E-state index contributed by atoms with van der Waals surface area (Å²) in [6.45, 7) is 6.43. The van der Waals surface area contributed by atoms with Crippen LogP contribution in [0.2, 0.25) is 0 Å². The van der Waals surface area contributed by atoms with Gasteiger partial charge < -0.3 is 10.6 Å². The number of anilines is 2. The molecular formula is C11H22N4. The van der Waals surface area contributed by atoms with Gasteiger partial charge in [-0.3, -0.25) is 4.68 Å². The summed E-state index contributed by atoms with van der Waals surface area (Å²) in [5, 5.41) is 4.45. The number of hydrogen-bond acceptors (Lipinski definition) is 3. The molecule has 2 N–H and O–H groups in total. The maximum atomic E-state index is 6.10. The van der Waals surface area contributed by atoms with Crippen molar-refractivity contribution in [1.29, 1.82) is 0 Å². The van der Waals surface area contributed by atoms with E-state index in [1.165, 1.54) is 0 Å². The number of aryl methyl sites for hydroxylation is 2. The Hall–Kier alpha value is -1.19. The van der Waals surface area contributed by atoms with E-state index in [-0.39, 0.29) is 0 Å². The lowest BCUT2D eigenvalue weighted by atomic mass is 10.2. The van der Waals surface area contributed by atoms with Crippen LogP contribution < -0.4 is 10.6 Å². The molecule has 0 aromatic carbocycles. The van der Waals surface area contributed by atoms with Crippen LogP contribution in [-0.4, -0.2) is 22.9 Å². The third-order valence-electron chi connectivity index (χ3n) is 2.72. The number of nitrogens with two attached hydrogens (primary N) is 1. The molecule has 0 atom stereocenters. The lowest BCUT2D eigenvalue weighted by Gasteiger charge is -2.24. The SMILES string of the molecule is CCCc1nn(C)c(N(C)C(C)C)c1N. The van der Waals surface area contributed by atoms with Gasteiger partial charge in [0.2, 0.25) is 0 Å². The number of hydrogen-bond donors (Lipinski definition) is 1. The predicted molar refractivity (Wildman–Crippen MR) is 65.2 cm³/mol. The quantitative estimate of drug-likeness (QED) is 0.824. The first-order valence-electron chi connectivity index (χ1n) is 5.53. The lowest BCUT2D eigenvalue weighted by molar-refractivity contribution is 0.676. The van der Waals surface area contributed by atoms with Crippen LogP contribution in [0.3, 0.4) is 0 Å². The van der Waals surface area contributed by atoms with E-state index in [0.29, 0.717) is 6.04 Å². The molecule has 0 aliphatic carbocycles. The van der Waals surface area contributed by atoms with Crippen LogP contribution in [0.1, 0.15) is 32.9 Å². The van der Waals surface area contributed by atoms with Crippen molar-refractivity contribution < 1.29 is 0 Å². The summed E-state index contributed by atoms with van der Waals surface area (Å²) in [6, 6.07) is 0.428. The molecule has 4 nitrogen and oxygen atoms in total. The Morgan fingerprint density at radius 3 is 2.53 bits per heavy atom. The monoisotopic (exact) mass is 210 g/mol. The van der Waals surface area contributed by atoms with Gasteiger partial charge in [0.1, 0.15) is 5.82 Å². The average molecular weight is 210 g/mol. The third-order valence-corrected chi connectivity index (χ3v) is 2.72. The van der Waals surface area contributed by atoms with E-state index in [2.05, 4.69) is 30.8 Å². The molecule has 0 radical (unpaired) electrons. The topological polar surface area (TPSA) is 47.1 Å². The molecule has 0 saturated heterocycles. The zero-order valence-electron chi connectivity index (χ0n) is 10.4. The number of nitrogen functional groups attached to an aromatic ring is 1. The van der Waals surface area contributed by atoms with Crippen LogP contribution >= 0.6 is 0 Å². The zero-order chi connectivity index (χ0) is 11.6. The second-order valence-corrected chi connectivity index (χ2v) is 4.26. The van der Waals surface area contributed by atoms with Gasteiger partial charge in [0.25, 0.3) is 0 Å². The van der Waals surface area contributed by atoms with Crippen molar-refractivity contribution in [3.63, 3.8) is 0 Å². The van der Waals surface area contributed by atoms with E-state index in [1.54, 1.807) is 0 Å². The first-order valence-corrected chi connectivity index (χ1v) is 5.53. The molecule has 0 spiro atoms. The van der Waals surface area contributed by atoms with Gasteiger partial charge >= 0.3 is 0 Å². The summed E-state index contributed by atoms with van der Waals surface area (Å²) < 4.78 is 1.88. The predicted octanol–water partition coefficient (Wildman–Crippen LogP) is 1.80. The van der Waals surface area contributed by atoms with E-state index in [0.717, 1.165) is 30.0 Å². The van der Waals surface area contributed by atoms with E-state index in [9.17, 15) is 0 Å². The van der Waals surface area contributed by atoms with Crippen LogP contribution in [-0.2, 0) is 13.5 Å². The van der Waals surface area contributed by atoms with Crippen LogP contribution in [0.5, 0.6) is 0 Å². The van der Waals surface area contributed by atoms with Gasteiger partial charge in [-0.2, -0.15) is 5.10 Å². The number of aromatic nitrogens is 2. The second kappa shape index (κ2) is 4.55. The molecular weight excluding hydrogens is 188 g/mol. The van der Waals surface area contributed by atoms with E-state index in [1.807, 2.05) is 18.8 Å². The molecule has 1 aromatic heterocycles. The Bertz CT molecular complexity index is 328. The van der Waals surface area contributed by atoms with Crippen LogP contribution in [0.15, 0.2) is 0 Å². The molecule has 0 aliphatic rings. The summed E-state index contributed by atoms with van der Waals surface area (Å²) in [5.74, 6) is 1.02. The van der Waals surface area contributed by atoms with E-state index < -0.39 is 0 Å². The molecule has 86 valence electrons. The van der Waals surface area contributed by atoms with Gasteiger partial charge in [-0.15, -0.1) is 0 Å². The van der Waals surface area contributed by atoms with Crippen molar-refractivity contribution in [3.8, 4) is 0 Å². The molecule has 0 unspecified atom stereocenters. The van der Waals surface area contributed by atoms with Gasteiger partial charge in [-0.1, -0.05) is 13.3 Å². The summed E-state index contributed by atoms with van der Waals surface area (Å²) >= 11 is 0. The van der Waals surface area contributed by atoms with Crippen molar-refractivity contribution in [3.05, 3.63) is 5.69 Å². The van der Waals surface area contributed by atoms with E-state index in [4.69, 9.17) is 5.73 Å². The molecule has 1 heterocycles. The Labute approximate surface area is 92.1 Å².